The van der Waals surface area contributed by atoms with Crippen LogP contribution in [0.3, 0.4) is 0 Å². The topological polar surface area (TPSA) is 59.0 Å². The minimum atomic E-state index is -0.582. The molecule has 4 rings (SSSR count). The van der Waals surface area contributed by atoms with Gasteiger partial charge in [0.1, 0.15) is 5.75 Å². The van der Waals surface area contributed by atoms with E-state index in [-0.39, 0.29) is 18.7 Å². The minimum absolute atomic E-state index is 0.128. The van der Waals surface area contributed by atoms with Gasteiger partial charge in [0.15, 0.2) is 6.73 Å². The third-order valence-electron chi connectivity index (χ3n) is 4.47. The lowest BCUT2D eigenvalue weighted by Crippen LogP contribution is -2.54. The monoisotopic (exact) mass is 377 g/mol. The number of hydrogen-bond donors (Lipinski definition) is 1. The molecule has 2 heterocycles. The van der Waals surface area contributed by atoms with Crippen molar-refractivity contribution in [2.75, 3.05) is 19.9 Å². The van der Waals surface area contributed by atoms with Crippen LogP contribution >= 0.6 is 15.9 Å². The second-order valence-corrected chi connectivity index (χ2v) is 6.68. The van der Waals surface area contributed by atoms with Gasteiger partial charge in [-0.3, -0.25) is 9.69 Å². The molecule has 23 heavy (non-hydrogen) atoms. The second-order valence-electron chi connectivity index (χ2n) is 5.83. The molecule has 1 amide bonds. The average Bonchev–Trinajstić information content (AvgIpc) is 2.57. The van der Waals surface area contributed by atoms with Crippen LogP contribution in [0, 0.1) is 0 Å². The van der Waals surface area contributed by atoms with E-state index in [9.17, 15) is 9.90 Å². The molecule has 0 aliphatic carbocycles. The predicted molar refractivity (Wildman–Crippen MR) is 88.5 cm³/mol. The maximum atomic E-state index is 12.9. The van der Waals surface area contributed by atoms with Crippen molar-refractivity contribution in [3.05, 3.63) is 40.4 Å². The first-order valence-corrected chi connectivity index (χ1v) is 8.37. The molecule has 6 heteroatoms. The predicted octanol–water partition coefficient (Wildman–Crippen LogP) is 2.54. The summed E-state index contributed by atoms with van der Waals surface area (Å²) in [6.45, 7) is 0.982. The van der Waals surface area contributed by atoms with Gasteiger partial charge >= 0.3 is 0 Å². The van der Waals surface area contributed by atoms with Crippen molar-refractivity contribution in [3.8, 4) is 5.75 Å². The van der Waals surface area contributed by atoms with Crippen molar-refractivity contribution in [1.82, 2.24) is 4.90 Å². The first-order chi connectivity index (χ1) is 11.2. The lowest BCUT2D eigenvalue weighted by atomic mass is 10.0. The van der Waals surface area contributed by atoms with Crippen molar-refractivity contribution >= 4 is 32.6 Å². The number of hydrogen-bond acceptors (Lipinski definition) is 4. The first-order valence-electron chi connectivity index (χ1n) is 7.57. The summed E-state index contributed by atoms with van der Waals surface area (Å²) in [5.41, 5.74) is 0.514. The lowest BCUT2D eigenvalue weighted by Gasteiger charge is -2.39. The number of halogens is 1. The van der Waals surface area contributed by atoms with Gasteiger partial charge in [-0.15, -0.1) is 0 Å². The van der Waals surface area contributed by atoms with Gasteiger partial charge in [-0.1, -0.05) is 40.2 Å². The molecule has 120 valence electrons. The highest BCUT2D eigenvalue weighted by atomic mass is 79.9. The van der Waals surface area contributed by atoms with Crippen LogP contribution in [0.2, 0.25) is 0 Å². The van der Waals surface area contributed by atoms with Crippen LogP contribution < -0.4 is 4.74 Å². The zero-order chi connectivity index (χ0) is 16.0. The zero-order valence-electron chi connectivity index (χ0n) is 12.4. The number of ether oxygens (including phenoxy) is 2. The number of aliphatic hydroxyl groups is 1. The normalized spacial score (nSPS) is 24.4. The molecule has 0 unspecified atom stereocenters. The van der Waals surface area contributed by atoms with Gasteiger partial charge < -0.3 is 14.6 Å². The van der Waals surface area contributed by atoms with Crippen LogP contribution in [-0.4, -0.2) is 48.0 Å². The van der Waals surface area contributed by atoms with Crippen LogP contribution in [0.1, 0.15) is 16.8 Å². The summed E-state index contributed by atoms with van der Waals surface area (Å²) >= 11 is 3.53. The van der Waals surface area contributed by atoms with E-state index in [2.05, 4.69) is 15.9 Å². The number of aliphatic hydroxyl groups excluding tert-OH is 1. The zero-order valence-corrected chi connectivity index (χ0v) is 14.0. The van der Waals surface area contributed by atoms with E-state index in [0.717, 1.165) is 15.2 Å². The fraction of sp³-hybridized carbons (Fsp3) is 0.353. The van der Waals surface area contributed by atoms with Gasteiger partial charge in [0.25, 0.3) is 5.91 Å². The molecular weight excluding hydrogens is 362 g/mol. The summed E-state index contributed by atoms with van der Waals surface area (Å²) in [4.78, 5) is 14.5. The maximum Gasteiger partial charge on any atom is 0.260 e. The lowest BCUT2D eigenvalue weighted by molar-refractivity contribution is -0.0694. The Bertz CT molecular complexity index is 779. The van der Waals surface area contributed by atoms with E-state index in [1.165, 1.54) is 0 Å². The number of nitrogens with zero attached hydrogens (tertiary/aromatic N) is 1. The fourth-order valence-corrected chi connectivity index (χ4v) is 3.80. The van der Waals surface area contributed by atoms with E-state index in [1.54, 1.807) is 11.0 Å². The van der Waals surface area contributed by atoms with Gasteiger partial charge in [-0.05, 0) is 17.9 Å². The second kappa shape index (κ2) is 5.78. The third-order valence-corrected chi connectivity index (χ3v) is 5.13. The Morgan fingerprint density at radius 2 is 2.04 bits per heavy atom. The molecule has 0 bridgehead atoms. The van der Waals surface area contributed by atoms with Gasteiger partial charge in [0.05, 0.1) is 24.3 Å². The number of carbonyl (C=O) groups excluding carboxylic acids is 1. The Labute approximate surface area is 141 Å². The fourth-order valence-electron chi connectivity index (χ4n) is 3.22. The van der Waals surface area contributed by atoms with E-state index in [1.807, 2.05) is 24.3 Å². The highest BCUT2D eigenvalue weighted by Crippen LogP contribution is 2.38. The average molecular weight is 378 g/mol. The SMILES string of the molecule is O=C1c2cc(Br)c3ccccc3c2OCN1[C@@H]1COCC[C@H]1O. The van der Waals surface area contributed by atoms with E-state index in [0.29, 0.717) is 30.9 Å². The molecule has 2 aliphatic rings. The van der Waals surface area contributed by atoms with Gasteiger partial charge in [-0.25, -0.2) is 0 Å². The number of benzene rings is 2. The smallest absolute Gasteiger partial charge is 0.260 e. The highest BCUT2D eigenvalue weighted by molar-refractivity contribution is 9.10. The van der Waals surface area contributed by atoms with Crippen molar-refractivity contribution in [2.45, 2.75) is 18.6 Å². The summed E-state index contributed by atoms with van der Waals surface area (Å²) in [5.74, 6) is 0.475. The number of carbonyl (C=O) groups is 1. The molecule has 1 N–H and O–H groups in total. The quantitative estimate of drug-likeness (QED) is 0.829. The summed E-state index contributed by atoms with van der Waals surface area (Å²) in [6.07, 6.45) is -0.0512. The molecule has 1 fully saturated rings. The Kier molecular flexibility index (Phi) is 3.75. The molecule has 2 aromatic carbocycles. The van der Waals surface area contributed by atoms with Gasteiger partial charge in [-0.2, -0.15) is 0 Å². The van der Waals surface area contributed by atoms with Crippen LogP contribution in [0.25, 0.3) is 10.8 Å². The molecule has 0 radical (unpaired) electrons. The molecule has 2 atom stereocenters. The van der Waals surface area contributed by atoms with Crippen LogP contribution in [0.5, 0.6) is 5.75 Å². The summed E-state index contributed by atoms with van der Waals surface area (Å²) in [5, 5.41) is 12.1. The maximum absolute atomic E-state index is 12.9. The van der Waals surface area contributed by atoms with Crippen molar-refractivity contribution in [2.24, 2.45) is 0 Å². The molecule has 5 nitrogen and oxygen atoms in total. The summed E-state index contributed by atoms with van der Waals surface area (Å²) in [6, 6.07) is 9.23. The van der Waals surface area contributed by atoms with Crippen LogP contribution in [0.15, 0.2) is 34.8 Å². The summed E-state index contributed by atoms with van der Waals surface area (Å²) < 4.78 is 12.2. The molecule has 2 aliphatic heterocycles. The van der Waals surface area contributed by atoms with Gasteiger partial charge in [0.2, 0.25) is 0 Å². The Hall–Kier alpha value is -1.63. The van der Waals surface area contributed by atoms with E-state index in [4.69, 9.17) is 9.47 Å². The number of rotatable bonds is 1. The Morgan fingerprint density at radius 3 is 2.83 bits per heavy atom. The minimum Gasteiger partial charge on any atom is -0.472 e. The molecule has 2 aromatic rings. The molecule has 0 aromatic heterocycles. The van der Waals surface area contributed by atoms with E-state index >= 15 is 0 Å². The van der Waals surface area contributed by atoms with Crippen LogP contribution in [0.4, 0.5) is 0 Å². The molecule has 0 saturated carbocycles. The number of fused-ring (bicyclic) bond motifs is 3. The standard InChI is InChI=1S/C17H16BrNO4/c18-13-7-12-16(11-4-2-1-3-10(11)13)23-9-19(17(12)21)14-8-22-6-5-15(14)20/h1-4,7,14-15,20H,5-6,8-9H2/t14-,15-/m1/s1. The van der Waals surface area contributed by atoms with Crippen molar-refractivity contribution < 1.29 is 19.4 Å². The number of amides is 1. The molecular formula is C17H16BrNO4. The highest BCUT2D eigenvalue weighted by Gasteiger charge is 2.37. The van der Waals surface area contributed by atoms with Gasteiger partial charge in [0, 0.05) is 16.5 Å². The van der Waals surface area contributed by atoms with Crippen molar-refractivity contribution in [3.63, 3.8) is 0 Å². The Morgan fingerprint density at radius 1 is 1.26 bits per heavy atom. The molecule has 0 spiro atoms. The first kappa shape index (κ1) is 14.9. The molecule has 1 saturated heterocycles. The van der Waals surface area contributed by atoms with Crippen LogP contribution in [-0.2, 0) is 4.74 Å². The Balaban J connectivity index is 1.77. The summed E-state index contributed by atoms with van der Waals surface area (Å²) in [7, 11) is 0. The largest absolute Gasteiger partial charge is 0.472 e. The third kappa shape index (κ3) is 2.41. The van der Waals surface area contributed by atoms with Crippen molar-refractivity contribution in [1.29, 1.82) is 0 Å². The van der Waals surface area contributed by atoms with E-state index < -0.39 is 6.10 Å².